The van der Waals surface area contributed by atoms with Crippen LogP contribution in [0.25, 0.3) is 99.1 Å². The van der Waals surface area contributed by atoms with Crippen LogP contribution >= 0.6 is 0 Å². The fourth-order valence-electron chi connectivity index (χ4n) is 8.11. The second kappa shape index (κ2) is 10.7. The van der Waals surface area contributed by atoms with E-state index < -0.39 is 0 Å². The van der Waals surface area contributed by atoms with E-state index in [4.69, 9.17) is 0 Å². The zero-order valence-corrected chi connectivity index (χ0v) is 26.3. The lowest BCUT2D eigenvalue weighted by molar-refractivity contribution is 1.52. The van der Waals surface area contributed by atoms with Gasteiger partial charge in [-0.25, -0.2) is 0 Å². The Bertz CT molecular complexity index is 2660. The van der Waals surface area contributed by atoms with Gasteiger partial charge in [0.1, 0.15) is 0 Å². The van der Waals surface area contributed by atoms with Crippen molar-refractivity contribution in [1.29, 1.82) is 0 Å². The van der Waals surface area contributed by atoms with Crippen LogP contribution in [0.15, 0.2) is 182 Å². The van der Waals surface area contributed by atoms with E-state index in [-0.39, 0.29) is 0 Å². The summed E-state index contributed by atoms with van der Waals surface area (Å²) in [5.41, 5.74) is 15.2. The standard InChI is InChI=1S/C48H30/c1-2-14-32-29-33(26-25-31(32)13-1)47-42-21-9-11-23-44(42)48(45-24-12-10-22-43(45)47)34-27-28-41-39-19-6-5-17-37(39)35-15-3-4-16-36(35)38-18-7-8-20-40(38)46(41)30-34/h1-30H. The molecule has 0 heterocycles. The van der Waals surface area contributed by atoms with E-state index in [1.54, 1.807) is 0 Å². The highest BCUT2D eigenvalue weighted by Gasteiger charge is 2.23. The quantitative estimate of drug-likeness (QED) is 0.172. The van der Waals surface area contributed by atoms with E-state index >= 15 is 0 Å². The highest BCUT2D eigenvalue weighted by atomic mass is 14.3. The van der Waals surface area contributed by atoms with Crippen molar-refractivity contribution in [2.24, 2.45) is 0 Å². The van der Waals surface area contributed by atoms with Gasteiger partial charge in [0.25, 0.3) is 0 Å². The lowest BCUT2D eigenvalue weighted by atomic mass is 9.79. The van der Waals surface area contributed by atoms with Crippen molar-refractivity contribution < 1.29 is 0 Å². The summed E-state index contributed by atoms with van der Waals surface area (Å²) >= 11 is 0. The highest BCUT2D eigenvalue weighted by Crippen LogP contribution is 2.50. The van der Waals surface area contributed by atoms with Gasteiger partial charge in [-0.15, -0.1) is 0 Å². The Hall–Kier alpha value is -6.24. The van der Waals surface area contributed by atoms with Gasteiger partial charge in [0.2, 0.25) is 0 Å². The summed E-state index contributed by atoms with van der Waals surface area (Å²) in [4.78, 5) is 0. The molecule has 0 unspecified atom stereocenters. The summed E-state index contributed by atoms with van der Waals surface area (Å²) in [7, 11) is 0. The van der Waals surface area contributed by atoms with Gasteiger partial charge in [-0.1, -0.05) is 170 Å². The largest absolute Gasteiger partial charge is 0.0616 e. The normalized spacial score (nSPS) is 11.8. The van der Waals surface area contributed by atoms with Crippen LogP contribution in [0.3, 0.4) is 0 Å². The summed E-state index contributed by atoms with van der Waals surface area (Å²) in [6.45, 7) is 0. The van der Waals surface area contributed by atoms with Crippen LogP contribution in [0.5, 0.6) is 0 Å². The Labute approximate surface area is 280 Å². The highest BCUT2D eigenvalue weighted by molar-refractivity contribution is 6.22. The summed E-state index contributed by atoms with van der Waals surface area (Å²) in [5.74, 6) is 0. The Kier molecular flexibility index (Phi) is 5.98. The molecule has 0 spiro atoms. The van der Waals surface area contributed by atoms with Gasteiger partial charge in [0.05, 0.1) is 0 Å². The molecule has 0 saturated heterocycles. The third kappa shape index (κ3) is 4.03. The molecule has 9 aromatic carbocycles. The first-order chi connectivity index (χ1) is 23.8. The first kappa shape index (κ1) is 26.9. The predicted octanol–water partition coefficient (Wildman–Crippen LogP) is 13.5. The van der Waals surface area contributed by atoms with Crippen molar-refractivity contribution in [3.05, 3.63) is 182 Å². The lowest BCUT2D eigenvalue weighted by Gasteiger charge is -2.24. The zero-order chi connectivity index (χ0) is 31.6. The van der Waals surface area contributed by atoms with Crippen molar-refractivity contribution in [3.8, 4) is 66.8 Å². The molecule has 10 rings (SSSR count). The molecule has 222 valence electrons. The van der Waals surface area contributed by atoms with Gasteiger partial charge >= 0.3 is 0 Å². The molecule has 0 aromatic heterocycles. The smallest absolute Gasteiger partial charge is 0.00261 e. The van der Waals surface area contributed by atoms with E-state index in [0.29, 0.717) is 0 Å². The molecule has 0 saturated carbocycles. The van der Waals surface area contributed by atoms with E-state index in [2.05, 4.69) is 182 Å². The van der Waals surface area contributed by atoms with Crippen molar-refractivity contribution in [1.82, 2.24) is 0 Å². The van der Waals surface area contributed by atoms with Gasteiger partial charge in [-0.3, -0.25) is 0 Å². The topological polar surface area (TPSA) is 0 Å². The van der Waals surface area contributed by atoms with E-state index in [9.17, 15) is 0 Å². The van der Waals surface area contributed by atoms with Gasteiger partial charge < -0.3 is 0 Å². The Morgan fingerprint density at radius 2 is 0.542 bits per heavy atom. The van der Waals surface area contributed by atoms with E-state index in [1.165, 1.54) is 99.1 Å². The van der Waals surface area contributed by atoms with Gasteiger partial charge in [-0.05, 0) is 111 Å². The molecule has 0 N–H and O–H groups in total. The molecule has 0 amide bonds. The Morgan fingerprint density at radius 3 is 1.02 bits per heavy atom. The van der Waals surface area contributed by atoms with Crippen LogP contribution in [-0.2, 0) is 0 Å². The first-order valence-electron chi connectivity index (χ1n) is 16.7. The summed E-state index contributed by atoms with van der Waals surface area (Å²) in [6.07, 6.45) is 0. The molecule has 0 heteroatoms. The molecule has 0 bridgehead atoms. The number of benzene rings is 9. The second-order valence-electron chi connectivity index (χ2n) is 12.8. The van der Waals surface area contributed by atoms with E-state index in [0.717, 1.165) is 0 Å². The maximum atomic E-state index is 2.45. The van der Waals surface area contributed by atoms with Crippen molar-refractivity contribution >= 4 is 32.3 Å². The SMILES string of the molecule is c1ccc2c(c1)-c1ccccc1-c1ccc(-c3c4ccccc4c(-c4ccc5ccccc5c4)c4ccccc34)cc1-c1ccccc1-2. The molecule has 48 heavy (non-hydrogen) atoms. The van der Waals surface area contributed by atoms with Gasteiger partial charge in [-0.2, -0.15) is 0 Å². The zero-order valence-electron chi connectivity index (χ0n) is 26.3. The van der Waals surface area contributed by atoms with Crippen molar-refractivity contribution in [2.45, 2.75) is 0 Å². The molecule has 9 aromatic rings. The fourth-order valence-corrected chi connectivity index (χ4v) is 8.11. The molecular formula is C48H30. The minimum atomic E-state index is 1.23. The summed E-state index contributed by atoms with van der Waals surface area (Å²) < 4.78 is 0. The Morgan fingerprint density at radius 1 is 0.208 bits per heavy atom. The summed E-state index contributed by atoms with van der Waals surface area (Å²) in [6, 6.07) is 67.2. The first-order valence-corrected chi connectivity index (χ1v) is 16.7. The van der Waals surface area contributed by atoms with Crippen LogP contribution in [0.2, 0.25) is 0 Å². The molecule has 1 aliphatic carbocycles. The van der Waals surface area contributed by atoms with Crippen molar-refractivity contribution in [3.63, 3.8) is 0 Å². The summed E-state index contributed by atoms with van der Waals surface area (Å²) in [5, 5.41) is 7.60. The molecule has 0 radical (unpaired) electrons. The maximum Gasteiger partial charge on any atom is -0.00261 e. The molecule has 0 nitrogen and oxygen atoms in total. The minimum Gasteiger partial charge on any atom is -0.0616 e. The third-order valence-electron chi connectivity index (χ3n) is 10.2. The van der Waals surface area contributed by atoms with Crippen LogP contribution in [0.4, 0.5) is 0 Å². The van der Waals surface area contributed by atoms with Crippen molar-refractivity contribution in [2.75, 3.05) is 0 Å². The maximum absolute atomic E-state index is 2.45. The predicted molar refractivity (Wildman–Crippen MR) is 205 cm³/mol. The molecule has 0 fully saturated rings. The van der Waals surface area contributed by atoms with E-state index in [1.807, 2.05) is 0 Å². The molecular weight excluding hydrogens is 577 g/mol. The molecule has 0 atom stereocenters. The number of fused-ring (bicyclic) bond motifs is 11. The van der Waals surface area contributed by atoms with Gasteiger partial charge in [0.15, 0.2) is 0 Å². The fraction of sp³-hybridized carbons (Fsp3) is 0. The second-order valence-corrected chi connectivity index (χ2v) is 12.8. The molecule has 0 aliphatic heterocycles. The Balaban J connectivity index is 1.29. The molecule has 1 aliphatic rings. The van der Waals surface area contributed by atoms with Crippen LogP contribution in [-0.4, -0.2) is 0 Å². The average Bonchev–Trinajstić information content (AvgIpc) is 3.16. The van der Waals surface area contributed by atoms with Crippen LogP contribution < -0.4 is 0 Å². The minimum absolute atomic E-state index is 1.23. The van der Waals surface area contributed by atoms with Gasteiger partial charge in [0, 0.05) is 0 Å². The average molecular weight is 607 g/mol. The number of rotatable bonds is 2. The van der Waals surface area contributed by atoms with Crippen LogP contribution in [0.1, 0.15) is 0 Å². The monoisotopic (exact) mass is 606 g/mol. The third-order valence-corrected chi connectivity index (χ3v) is 10.2. The van der Waals surface area contributed by atoms with Crippen LogP contribution in [0, 0.1) is 0 Å². The number of hydrogen-bond acceptors (Lipinski definition) is 0. The lowest BCUT2D eigenvalue weighted by Crippen LogP contribution is -1.97. The number of hydrogen-bond donors (Lipinski definition) is 0.